The largest absolute Gasteiger partial charge is 0.493 e. The Morgan fingerprint density at radius 3 is 2.17 bits per heavy atom. The first-order valence-electron chi connectivity index (χ1n) is 8.01. The van der Waals surface area contributed by atoms with Crippen LogP contribution in [0.4, 0.5) is 24.5 Å². The van der Waals surface area contributed by atoms with Gasteiger partial charge in [-0.25, -0.2) is 0 Å². The Bertz CT molecular complexity index is 960. The molecule has 0 atom stereocenters. The normalized spacial score (nSPS) is 11.0. The van der Waals surface area contributed by atoms with Crippen LogP contribution < -0.4 is 19.5 Å². The second-order valence-corrected chi connectivity index (χ2v) is 5.78. The Balaban J connectivity index is 2.57. The standard InChI is InChI=1S/C18H17F3N2O6/c1-9-5-6-10(7-12(9)18(19,20)21)22-17(24)11-8-13(27-2)15(28-3)16(29-4)14(11)23(25)26/h5-8H,1-4H3,(H,22,24). The van der Waals surface area contributed by atoms with E-state index in [1.807, 2.05) is 0 Å². The third kappa shape index (κ3) is 4.33. The van der Waals surface area contributed by atoms with Gasteiger partial charge < -0.3 is 19.5 Å². The quantitative estimate of drug-likeness (QED) is 0.562. The molecule has 0 aliphatic rings. The zero-order valence-electron chi connectivity index (χ0n) is 15.8. The number of ether oxygens (including phenoxy) is 3. The number of aryl methyl sites for hydroxylation is 1. The number of nitrogens with zero attached hydrogens (tertiary/aromatic N) is 1. The van der Waals surface area contributed by atoms with Crippen LogP contribution >= 0.6 is 0 Å². The van der Waals surface area contributed by atoms with Gasteiger partial charge in [-0.1, -0.05) is 6.07 Å². The topological polar surface area (TPSA) is 99.9 Å². The van der Waals surface area contributed by atoms with E-state index in [0.717, 1.165) is 19.2 Å². The number of hydrogen-bond acceptors (Lipinski definition) is 6. The predicted molar refractivity (Wildman–Crippen MR) is 96.9 cm³/mol. The predicted octanol–water partition coefficient (Wildman–Crippen LogP) is 4.20. The van der Waals surface area contributed by atoms with E-state index < -0.39 is 33.8 Å². The molecular weight excluding hydrogens is 397 g/mol. The van der Waals surface area contributed by atoms with Gasteiger partial charge in [0.15, 0.2) is 5.75 Å². The van der Waals surface area contributed by atoms with Gasteiger partial charge in [0, 0.05) is 11.8 Å². The molecule has 8 nitrogen and oxygen atoms in total. The highest BCUT2D eigenvalue weighted by Crippen LogP contribution is 2.46. The van der Waals surface area contributed by atoms with Crippen LogP contribution in [0.1, 0.15) is 21.5 Å². The zero-order chi connectivity index (χ0) is 21.9. The molecule has 0 aromatic heterocycles. The molecule has 2 aromatic rings. The van der Waals surface area contributed by atoms with Crippen molar-refractivity contribution in [2.75, 3.05) is 26.6 Å². The van der Waals surface area contributed by atoms with Crippen LogP contribution in [0.5, 0.6) is 17.2 Å². The van der Waals surface area contributed by atoms with Crippen molar-refractivity contribution in [3.8, 4) is 17.2 Å². The maximum absolute atomic E-state index is 13.1. The molecule has 1 amide bonds. The van der Waals surface area contributed by atoms with Gasteiger partial charge in [0.05, 0.1) is 31.8 Å². The number of carbonyl (C=O) groups excluding carboxylic acids is 1. The van der Waals surface area contributed by atoms with E-state index in [9.17, 15) is 28.1 Å². The Morgan fingerprint density at radius 1 is 1.07 bits per heavy atom. The molecule has 29 heavy (non-hydrogen) atoms. The Kier molecular flexibility index (Phi) is 6.20. The molecule has 0 bridgehead atoms. The molecular formula is C18H17F3N2O6. The summed E-state index contributed by atoms with van der Waals surface area (Å²) in [5.41, 5.74) is -2.34. The minimum atomic E-state index is -4.62. The molecule has 0 fully saturated rings. The fraction of sp³-hybridized carbons (Fsp3) is 0.278. The maximum Gasteiger partial charge on any atom is 0.416 e. The first-order valence-corrected chi connectivity index (χ1v) is 8.01. The lowest BCUT2D eigenvalue weighted by atomic mass is 10.1. The van der Waals surface area contributed by atoms with Crippen LogP contribution in [-0.2, 0) is 6.18 Å². The number of alkyl halides is 3. The SMILES string of the molecule is COc1cc(C(=O)Nc2ccc(C)c(C(F)(F)F)c2)c([N+](=O)[O-])c(OC)c1OC. The fourth-order valence-electron chi connectivity index (χ4n) is 2.70. The van der Waals surface area contributed by atoms with Crippen LogP contribution in [-0.4, -0.2) is 32.2 Å². The number of nitro groups is 1. The highest BCUT2D eigenvalue weighted by Gasteiger charge is 2.34. The highest BCUT2D eigenvalue weighted by molar-refractivity contribution is 6.08. The average Bonchev–Trinajstić information content (AvgIpc) is 2.66. The molecule has 2 rings (SSSR count). The van der Waals surface area contributed by atoms with E-state index in [2.05, 4.69) is 5.32 Å². The first kappa shape index (κ1) is 21.8. The van der Waals surface area contributed by atoms with Crippen LogP contribution in [0.25, 0.3) is 0 Å². The molecule has 0 aliphatic carbocycles. The van der Waals surface area contributed by atoms with Crippen molar-refractivity contribution in [2.45, 2.75) is 13.1 Å². The van der Waals surface area contributed by atoms with Crippen molar-refractivity contribution < 1.29 is 37.1 Å². The van der Waals surface area contributed by atoms with Crippen LogP contribution in [0.15, 0.2) is 24.3 Å². The average molecular weight is 414 g/mol. The lowest BCUT2D eigenvalue weighted by Crippen LogP contribution is -2.16. The van der Waals surface area contributed by atoms with Crippen molar-refractivity contribution in [3.05, 3.63) is 51.1 Å². The monoisotopic (exact) mass is 414 g/mol. The molecule has 2 aromatic carbocycles. The summed E-state index contributed by atoms with van der Waals surface area (Å²) < 4.78 is 54.4. The summed E-state index contributed by atoms with van der Waals surface area (Å²) in [6, 6.07) is 4.24. The number of amides is 1. The van der Waals surface area contributed by atoms with Gasteiger partial charge in [-0.15, -0.1) is 0 Å². The van der Waals surface area contributed by atoms with Crippen molar-refractivity contribution in [1.82, 2.24) is 0 Å². The Morgan fingerprint density at radius 2 is 1.69 bits per heavy atom. The minimum absolute atomic E-state index is 0.0278. The zero-order valence-corrected chi connectivity index (χ0v) is 15.8. The third-order valence-electron chi connectivity index (χ3n) is 4.03. The number of anilines is 1. The van der Waals surface area contributed by atoms with E-state index in [4.69, 9.17) is 14.2 Å². The van der Waals surface area contributed by atoms with E-state index in [1.165, 1.54) is 33.3 Å². The summed E-state index contributed by atoms with van der Waals surface area (Å²) in [5.74, 6) is -1.51. The molecule has 0 saturated carbocycles. The second kappa shape index (κ2) is 8.25. The van der Waals surface area contributed by atoms with Gasteiger partial charge in [-0.3, -0.25) is 14.9 Å². The lowest BCUT2D eigenvalue weighted by molar-refractivity contribution is -0.386. The van der Waals surface area contributed by atoms with Crippen molar-refractivity contribution >= 4 is 17.3 Å². The van der Waals surface area contributed by atoms with Gasteiger partial charge in [-0.05, 0) is 24.6 Å². The van der Waals surface area contributed by atoms with Crippen LogP contribution in [0.3, 0.4) is 0 Å². The third-order valence-corrected chi connectivity index (χ3v) is 4.03. The molecule has 0 aliphatic heterocycles. The van der Waals surface area contributed by atoms with Crippen LogP contribution in [0, 0.1) is 17.0 Å². The smallest absolute Gasteiger partial charge is 0.416 e. The number of methoxy groups -OCH3 is 3. The van der Waals surface area contributed by atoms with Gasteiger partial charge in [-0.2, -0.15) is 13.2 Å². The summed E-state index contributed by atoms with van der Waals surface area (Å²) in [6.45, 7) is 1.28. The number of benzene rings is 2. The number of carbonyl (C=O) groups is 1. The number of hydrogen-bond donors (Lipinski definition) is 1. The van der Waals surface area contributed by atoms with E-state index >= 15 is 0 Å². The number of halogens is 3. The number of nitro benzene ring substituents is 1. The Hall–Kier alpha value is -3.50. The summed E-state index contributed by atoms with van der Waals surface area (Å²) in [7, 11) is 3.62. The number of nitrogens with one attached hydrogen (secondary N) is 1. The van der Waals surface area contributed by atoms with Crippen molar-refractivity contribution in [1.29, 1.82) is 0 Å². The van der Waals surface area contributed by atoms with Crippen molar-refractivity contribution in [3.63, 3.8) is 0 Å². The summed E-state index contributed by atoms with van der Waals surface area (Å²) in [6.07, 6.45) is -4.62. The summed E-state index contributed by atoms with van der Waals surface area (Å²) in [5, 5.41) is 13.8. The molecule has 0 saturated heterocycles. The highest BCUT2D eigenvalue weighted by atomic mass is 19.4. The van der Waals surface area contributed by atoms with Gasteiger partial charge in [0.1, 0.15) is 5.56 Å². The van der Waals surface area contributed by atoms with E-state index in [1.54, 1.807) is 0 Å². The second-order valence-electron chi connectivity index (χ2n) is 5.78. The van der Waals surface area contributed by atoms with Gasteiger partial charge in [0.2, 0.25) is 11.5 Å². The molecule has 1 N–H and O–H groups in total. The van der Waals surface area contributed by atoms with Crippen molar-refractivity contribution in [2.24, 2.45) is 0 Å². The van der Waals surface area contributed by atoms with E-state index in [0.29, 0.717) is 0 Å². The minimum Gasteiger partial charge on any atom is -0.493 e. The van der Waals surface area contributed by atoms with Crippen LogP contribution in [0.2, 0.25) is 0 Å². The number of rotatable bonds is 6. The molecule has 0 radical (unpaired) electrons. The summed E-state index contributed by atoms with van der Waals surface area (Å²) >= 11 is 0. The maximum atomic E-state index is 13.1. The molecule has 0 unspecified atom stereocenters. The fourth-order valence-corrected chi connectivity index (χ4v) is 2.70. The van der Waals surface area contributed by atoms with E-state index in [-0.39, 0.29) is 28.5 Å². The first-order chi connectivity index (χ1) is 13.5. The molecule has 156 valence electrons. The lowest BCUT2D eigenvalue weighted by Gasteiger charge is -2.16. The summed E-state index contributed by atoms with van der Waals surface area (Å²) in [4.78, 5) is 23.4. The van der Waals surface area contributed by atoms with Gasteiger partial charge in [0.25, 0.3) is 5.91 Å². The molecule has 0 spiro atoms. The molecule has 0 heterocycles. The van der Waals surface area contributed by atoms with Gasteiger partial charge >= 0.3 is 11.9 Å². The molecule has 11 heteroatoms. The Labute approximate surface area is 163 Å².